The number of thiophene rings is 1. The quantitative estimate of drug-likeness (QED) is 0.769. The Bertz CT molecular complexity index is 519. The van der Waals surface area contributed by atoms with E-state index in [1.165, 1.54) is 5.56 Å². The van der Waals surface area contributed by atoms with Crippen molar-refractivity contribution in [2.24, 2.45) is 0 Å². The number of fused-ring (bicyclic) bond motifs is 1. The van der Waals surface area contributed by atoms with Crippen LogP contribution in [0.1, 0.15) is 25.3 Å². The maximum Gasteiger partial charge on any atom is 0.225 e. The fraction of sp³-hybridized carbons (Fsp3) is 0.455. The van der Waals surface area contributed by atoms with E-state index in [1.807, 2.05) is 19.0 Å². The van der Waals surface area contributed by atoms with Crippen LogP contribution in [0, 0.1) is 0 Å². The van der Waals surface area contributed by atoms with E-state index in [1.54, 1.807) is 11.3 Å². The highest BCUT2D eigenvalue weighted by atomic mass is 35.5. The molecule has 5 heteroatoms. The summed E-state index contributed by atoms with van der Waals surface area (Å²) in [6, 6.07) is 0. The van der Waals surface area contributed by atoms with Crippen molar-refractivity contribution >= 4 is 39.0 Å². The molecule has 2 aromatic heterocycles. The molecule has 0 aromatic carbocycles. The summed E-state index contributed by atoms with van der Waals surface area (Å²) in [5.41, 5.74) is 1.29. The lowest BCUT2D eigenvalue weighted by atomic mass is 10.0. The Kier molecular flexibility index (Phi) is 3.04. The molecule has 0 N–H and O–H groups in total. The molecule has 0 fully saturated rings. The van der Waals surface area contributed by atoms with Gasteiger partial charge in [0.15, 0.2) is 0 Å². The average Bonchev–Trinajstić information content (AvgIpc) is 2.59. The highest BCUT2D eigenvalue weighted by Crippen LogP contribution is 2.35. The van der Waals surface area contributed by atoms with Crippen molar-refractivity contribution in [1.29, 1.82) is 0 Å². The van der Waals surface area contributed by atoms with Crippen LogP contribution in [0.3, 0.4) is 0 Å². The summed E-state index contributed by atoms with van der Waals surface area (Å²) in [4.78, 5) is 11.5. The summed E-state index contributed by atoms with van der Waals surface area (Å²) >= 11 is 7.54. The SMILES string of the molecule is CC(C)c1csc2nc(Cl)nc(N(C)C)c12. The third-order valence-corrected chi connectivity index (χ3v) is 3.52. The van der Waals surface area contributed by atoms with E-state index in [9.17, 15) is 0 Å². The lowest BCUT2D eigenvalue weighted by Crippen LogP contribution is -2.12. The molecule has 16 heavy (non-hydrogen) atoms. The molecule has 0 bridgehead atoms. The minimum atomic E-state index is 0.313. The van der Waals surface area contributed by atoms with Crippen LogP contribution >= 0.6 is 22.9 Å². The van der Waals surface area contributed by atoms with Gasteiger partial charge in [-0.25, -0.2) is 4.98 Å². The lowest BCUT2D eigenvalue weighted by molar-refractivity contribution is 0.878. The second kappa shape index (κ2) is 4.18. The molecule has 0 saturated carbocycles. The van der Waals surface area contributed by atoms with Crippen molar-refractivity contribution in [1.82, 2.24) is 9.97 Å². The third kappa shape index (κ3) is 1.87. The van der Waals surface area contributed by atoms with Crippen LogP contribution in [0.15, 0.2) is 5.38 Å². The van der Waals surface area contributed by atoms with E-state index in [2.05, 4.69) is 29.2 Å². The molecule has 0 radical (unpaired) electrons. The molecular weight excluding hydrogens is 242 g/mol. The fourth-order valence-corrected chi connectivity index (χ4v) is 2.98. The summed E-state index contributed by atoms with van der Waals surface area (Å²) in [5, 5.41) is 3.59. The number of hydrogen-bond acceptors (Lipinski definition) is 4. The summed E-state index contributed by atoms with van der Waals surface area (Å²) in [6.45, 7) is 4.35. The number of nitrogens with zero attached hydrogens (tertiary/aromatic N) is 3. The first-order valence-corrected chi connectivity index (χ1v) is 6.38. The zero-order chi connectivity index (χ0) is 11.9. The maximum absolute atomic E-state index is 5.91. The minimum absolute atomic E-state index is 0.313. The minimum Gasteiger partial charge on any atom is -0.362 e. The van der Waals surface area contributed by atoms with Crippen LogP contribution in [0.5, 0.6) is 0 Å². The molecule has 0 unspecified atom stereocenters. The summed E-state index contributed by atoms with van der Waals surface area (Å²) in [5.74, 6) is 1.37. The molecule has 0 spiro atoms. The van der Waals surface area contributed by atoms with E-state index < -0.39 is 0 Å². The molecule has 86 valence electrons. The van der Waals surface area contributed by atoms with Gasteiger partial charge in [-0.05, 0) is 28.5 Å². The average molecular weight is 256 g/mol. The van der Waals surface area contributed by atoms with E-state index >= 15 is 0 Å². The van der Waals surface area contributed by atoms with Crippen molar-refractivity contribution in [2.75, 3.05) is 19.0 Å². The highest BCUT2D eigenvalue weighted by molar-refractivity contribution is 7.17. The number of anilines is 1. The van der Waals surface area contributed by atoms with Gasteiger partial charge in [-0.3, -0.25) is 0 Å². The molecule has 0 aliphatic rings. The van der Waals surface area contributed by atoms with Crippen molar-refractivity contribution in [3.63, 3.8) is 0 Å². The molecule has 0 aliphatic carbocycles. The molecule has 0 saturated heterocycles. The van der Waals surface area contributed by atoms with Gasteiger partial charge in [0.25, 0.3) is 0 Å². The third-order valence-electron chi connectivity index (χ3n) is 2.46. The van der Waals surface area contributed by atoms with Crippen molar-refractivity contribution in [3.8, 4) is 0 Å². The predicted molar refractivity (Wildman–Crippen MR) is 70.8 cm³/mol. The Morgan fingerprint density at radius 3 is 2.56 bits per heavy atom. The second-order valence-corrected chi connectivity index (χ2v) is 5.43. The van der Waals surface area contributed by atoms with Crippen LogP contribution in [0.25, 0.3) is 10.2 Å². The van der Waals surface area contributed by atoms with Crippen molar-refractivity contribution in [2.45, 2.75) is 19.8 Å². The smallest absolute Gasteiger partial charge is 0.225 e. The van der Waals surface area contributed by atoms with Crippen LogP contribution in [-0.2, 0) is 0 Å². The van der Waals surface area contributed by atoms with Gasteiger partial charge in [0, 0.05) is 14.1 Å². The van der Waals surface area contributed by atoms with Gasteiger partial charge in [0.2, 0.25) is 5.28 Å². The van der Waals surface area contributed by atoms with E-state index in [0.29, 0.717) is 11.2 Å². The normalized spacial score (nSPS) is 11.4. The van der Waals surface area contributed by atoms with Crippen LogP contribution in [-0.4, -0.2) is 24.1 Å². The van der Waals surface area contributed by atoms with Crippen LogP contribution in [0.2, 0.25) is 5.28 Å². The number of aromatic nitrogens is 2. The molecule has 2 heterocycles. The summed E-state index contributed by atoms with van der Waals surface area (Å²) in [7, 11) is 3.94. The number of hydrogen-bond donors (Lipinski definition) is 0. The monoisotopic (exact) mass is 255 g/mol. The zero-order valence-electron chi connectivity index (χ0n) is 9.78. The topological polar surface area (TPSA) is 29.0 Å². The Hall–Kier alpha value is -0.870. The van der Waals surface area contributed by atoms with Gasteiger partial charge < -0.3 is 4.90 Å². The number of halogens is 1. The Balaban J connectivity index is 2.79. The standard InChI is InChI=1S/C11H14ClN3S/c1-6(2)7-5-16-10-8(7)9(15(3)4)13-11(12)14-10/h5-6H,1-4H3. The molecular formula is C11H14ClN3S. The maximum atomic E-state index is 5.91. The van der Waals surface area contributed by atoms with Gasteiger partial charge in [0.1, 0.15) is 10.6 Å². The van der Waals surface area contributed by atoms with Gasteiger partial charge >= 0.3 is 0 Å². The first-order chi connectivity index (χ1) is 7.50. The molecule has 0 aliphatic heterocycles. The molecule has 0 atom stereocenters. The zero-order valence-corrected chi connectivity index (χ0v) is 11.4. The summed E-state index contributed by atoms with van der Waals surface area (Å²) < 4.78 is 0. The van der Waals surface area contributed by atoms with Gasteiger partial charge in [-0.1, -0.05) is 13.8 Å². The van der Waals surface area contributed by atoms with E-state index in [0.717, 1.165) is 16.0 Å². The summed E-state index contributed by atoms with van der Waals surface area (Å²) in [6.07, 6.45) is 0. The van der Waals surface area contributed by atoms with Crippen molar-refractivity contribution < 1.29 is 0 Å². The predicted octanol–water partition coefficient (Wildman–Crippen LogP) is 3.53. The van der Waals surface area contributed by atoms with Crippen LogP contribution < -0.4 is 4.90 Å². The number of rotatable bonds is 2. The van der Waals surface area contributed by atoms with E-state index in [-0.39, 0.29) is 0 Å². The Morgan fingerprint density at radius 2 is 2.00 bits per heavy atom. The second-order valence-electron chi connectivity index (χ2n) is 4.24. The van der Waals surface area contributed by atoms with Crippen LogP contribution in [0.4, 0.5) is 5.82 Å². The molecule has 0 amide bonds. The molecule has 2 rings (SSSR count). The molecule has 2 aromatic rings. The lowest BCUT2D eigenvalue weighted by Gasteiger charge is -2.14. The first kappa shape index (κ1) is 11.6. The van der Waals surface area contributed by atoms with Gasteiger partial charge in [0.05, 0.1) is 5.39 Å². The van der Waals surface area contributed by atoms with Gasteiger partial charge in [-0.2, -0.15) is 4.98 Å². The van der Waals surface area contributed by atoms with E-state index in [4.69, 9.17) is 11.6 Å². The fourth-order valence-electron chi connectivity index (χ4n) is 1.67. The highest BCUT2D eigenvalue weighted by Gasteiger charge is 2.16. The van der Waals surface area contributed by atoms with Crippen molar-refractivity contribution in [3.05, 3.63) is 16.2 Å². The Labute approximate surface area is 104 Å². The first-order valence-electron chi connectivity index (χ1n) is 5.12. The Morgan fingerprint density at radius 1 is 1.31 bits per heavy atom. The largest absolute Gasteiger partial charge is 0.362 e. The van der Waals surface area contributed by atoms with Gasteiger partial charge in [-0.15, -0.1) is 11.3 Å². The molecule has 3 nitrogen and oxygen atoms in total.